The van der Waals surface area contributed by atoms with Gasteiger partial charge in [0.2, 0.25) is 0 Å². The van der Waals surface area contributed by atoms with Gasteiger partial charge in [0, 0.05) is 25.9 Å². The second kappa shape index (κ2) is 15.0. The summed E-state index contributed by atoms with van der Waals surface area (Å²) in [6.45, 7) is 5.74. The molecule has 0 aliphatic carbocycles. The van der Waals surface area contributed by atoms with E-state index in [-0.39, 0.29) is 23.9 Å². The highest BCUT2D eigenvalue weighted by Crippen LogP contribution is 1.99. The Morgan fingerprint density at radius 1 is 0.692 bits per heavy atom. The number of carbonyl (C=O) groups is 2. The second-order valence-electron chi connectivity index (χ2n) is 7.83. The van der Waals surface area contributed by atoms with E-state index in [1.165, 1.54) is 9.80 Å². The first kappa shape index (κ1) is 24.9. The van der Waals surface area contributed by atoms with E-state index >= 15 is 0 Å². The molecule has 154 valence electrons. The Labute approximate surface area is 161 Å². The average Bonchev–Trinajstić information content (AvgIpc) is 2.58. The molecule has 0 aliphatic rings. The number of hydrogen-bond donors (Lipinski definition) is 4. The van der Waals surface area contributed by atoms with E-state index in [0.29, 0.717) is 0 Å². The number of likely N-dealkylation sites (N-methyl/N-ethyl adjacent to an activating group) is 2. The lowest BCUT2D eigenvalue weighted by Gasteiger charge is -2.20. The summed E-state index contributed by atoms with van der Waals surface area (Å²) in [6.07, 6.45) is 8.10. The van der Waals surface area contributed by atoms with Gasteiger partial charge in [-0.15, -0.1) is 0 Å². The van der Waals surface area contributed by atoms with Gasteiger partial charge in [-0.3, -0.25) is 9.59 Å². The lowest BCUT2D eigenvalue weighted by Crippen LogP contribution is -3.11. The molecule has 0 aromatic carbocycles. The van der Waals surface area contributed by atoms with Crippen LogP contribution in [0.3, 0.4) is 0 Å². The lowest BCUT2D eigenvalue weighted by molar-refractivity contribution is -0.876. The molecule has 6 heteroatoms. The van der Waals surface area contributed by atoms with E-state index in [1.54, 1.807) is 0 Å². The highest BCUT2D eigenvalue weighted by molar-refractivity contribution is 5.80. The zero-order chi connectivity index (χ0) is 19.9. The van der Waals surface area contributed by atoms with Crippen LogP contribution in [0.5, 0.6) is 0 Å². The molecule has 2 atom stereocenters. The molecule has 26 heavy (non-hydrogen) atoms. The zero-order valence-corrected chi connectivity index (χ0v) is 18.0. The van der Waals surface area contributed by atoms with Gasteiger partial charge in [0.05, 0.1) is 28.2 Å². The van der Waals surface area contributed by atoms with Crippen molar-refractivity contribution in [2.75, 3.05) is 41.3 Å². The maximum Gasteiger partial charge on any atom is 0.278 e. The Balaban J connectivity index is 3.78. The van der Waals surface area contributed by atoms with Crippen molar-refractivity contribution in [3.8, 4) is 0 Å². The highest BCUT2D eigenvalue weighted by atomic mass is 16.2. The second-order valence-corrected chi connectivity index (χ2v) is 7.83. The van der Waals surface area contributed by atoms with Crippen LogP contribution in [0, 0.1) is 0 Å². The molecule has 0 aliphatic heterocycles. The van der Waals surface area contributed by atoms with Crippen molar-refractivity contribution in [1.29, 1.82) is 0 Å². The summed E-state index contributed by atoms with van der Waals surface area (Å²) in [4.78, 5) is 26.7. The molecule has 0 heterocycles. The zero-order valence-electron chi connectivity index (χ0n) is 18.0. The molecule has 0 bridgehead atoms. The monoisotopic (exact) mass is 372 g/mol. The fourth-order valence-corrected chi connectivity index (χ4v) is 3.21. The number of carbonyl (C=O) groups excluding carboxylic acids is 2. The fourth-order valence-electron chi connectivity index (χ4n) is 3.21. The van der Waals surface area contributed by atoms with Gasteiger partial charge in [-0.25, -0.2) is 0 Å². The maximum absolute atomic E-state index is 12.2. The van der Waals surface area contributed by atoms with Crippen LogP contribution >= 0.6 is 0 Å². The quantitative estimate of drug-likeness (QED) is 0.290. The van der Waals surface area contributed by atoms with Gasteiger partial charge >= 0.3 is 0 Å². The van der Waals surface area contributed by atoms with Gasteiger partial charge in [0.25, 0.3) is 11.8 Å². The molecule has 0 saturated carbocycles. The number of hydrogen-bond acceptors (Lipinski definition) is 2. The van der Waals surface area contributed by atoms with E-state index in [2.05, 4.69) is 24.5 Å². The van der Waals surface area contributed by atoms with Crippen LogP contribution in [-0.4, -0.2) is 65.2 Å². The largest absolute Gasteiger partial charge is 0.351 e. The summed E-state index contributed by atoms with van der Waals surface area (Å²) < 4.78 is 0. The van der Waals surface area contributed by atoms with Crippen LogP contribution in [-0.2, 0) is 9.59 Å². The van der Waals surface area contributed by atoms with E-state index in [0.717, 1.165) is 64.5 Å². The number of rotatable bonds is 15. The van der Waals surface area contributed by atoms with Crippen LogP contribution < -0.4 is 20.4 Å². The average molecular weight is 373 g/mol. The van der Waals surface area contributed by atoms with Gasteiger partial charge in [-0.1, -0.05) is 26.7 Å². The summed E-state index contributed by atoms with van der Waals surface area (Å²) in [6, 6.07) is 0.121. The van der Waals surface area contributed by atoms with E-state index in [4.69, 9.17) is 0 Å². The van der Waals surface area contributed by atoms with Crippen LogP contribution in [0.15, 0.2) is 0 Å². The Hall–Kier alpha value is -1.14. The summed E-state index contributed by atoms with van der Waals surface area (Å²) in [5.74, 6) is 0.347. The molecule has 0 saturated heterocycles. The number of amides is 2. The standard InChI is InChI=1S/C20H42N4O2/c1-7-13-17(23(3)4)19(25)21-15-11-9-10-12-16-22-20(26)18(14-8-2)24(5)6/h17-18H,7-16H2,1-6H3,(H,21,25)(H,22,26)/p+2. The van der Waals surface area contributed by atoms with Gasteiger partial charge in [-0.2, -0.15) is 0 Å². The molecule has 2 unspecified atom stereocenters. The molecule has 2 amide bonds. The predicted molar refractivity (Wildman–Crippen MR) is 108 cm³/mol. The molecule has 0 aromatic heterocycles. The first-order valence-electron chi connectivity index (χ1n) is 10.5. The van der Waals surface area contributed by atoms with Crippen molar-refractivity contribution in [3.05, 3.63) is 0 Å². The SMILES string of the molecule is CCCC(C(=O)NCCCCCCNC(=O)C(CCC)[NH+](C)C)[NH+](C)C. The number of nitrogens with one attached hydrogen (secondary N) is 4. The predicted octanol–water partition coefficient (Wildman–Crippen LogP) is -0.594. The van der Waals surface area contributed by atoms with Crippen LogP contribution in [0.1, 0.15) is 65.2 Å². The maximum atomic E-state index is 12.2. The third-order valence-corrected chi connectivity index (χ3v) is 4.88. The first-order chi connectivity index (χ1) is 12.3. The van der Waals surface area contributed by atoms with Gasteiger partial charge in [0.15, 0.2) is 12.1 Å². The van der Waals surface area contributed by atoms with Gasteiger partial charge in [0.1, 0.15) is 0 Å². The van der Waals surface area contributed by atoms with E-state index in [1.807, 2.05) is 28.2 Å². The minimum Gasteiger partial charge on any atom is -0.351 e. The minimum absolute atomic E-state index is 0.0603. The Morgan fingerprint density at radius 2 is 1.04 bits per heavy atom. The molecule has 6 nitrogen and oxygen atoms in total. The number of unbranched alkanes of at least 4 members (excludes halogenated alkanes) is 3. The van der Waals surface area contributed by atoms with Crippen molar-refractivity contribution < 1.29 is 19.4 Å². The summed E-state index contributed by atoms with van der Waals surface area (Å²) >= 11 is 0. The molecular weight excluding hydrogens is 328 g/mol. The smallest absolute Gasteiger partial charge is 0.278 e. The molecule has 4 N–H and O–H groups in total. The molecule has 0 fully saturated rings. The van der Waals surface area contributed by atoms with Gasteiger partial charge < -0.3 is 20.4 Å². The molecule has 0 rings (SSSR count). The molecule has 0 aromatic rings. The Bertz CT molecular complexity index is 350. The Morgan fingerprint density at radius 3 is 1.31 bits per heavy atom. The van der Waals surface area contributed by atoms with Crippen molar-refractivity contribution >= 4 is 11.8 Å². The fraction of sp³-hybridized carbons (Fsp3) is 0.900. The van der Waals surface area contributed by atoms with Gasteiger partial charge in [-0.05, 0) is 25.7 Å². The third-order valence-electron chi connectivity index (χ3n) is 4.88. The molecule has 0 spiro atoms. The van der Waals surface area contributed by atoms with Crippen molar-refractivity contribution in [1.82, 2.24) is 10.6 Å². The summed E-state index contributed by atoms with van der Waals surface area (Å²) in [5, 5.41) is 6.13. The van der Waals surface area contributed by atoms with Crippen LogP contribution in [0.2, 0.25) is 0 Å². The molecular formula is C20H44N4O2+2. The normalized spacial score (nSPS) is 13.7. The Kier molecular flexibility index (Phi) is 14.3. The molecule has 0 radical (unpaired) electrons. The first-order valence-corrected chi connectivity index (χ1v) is 10.5. The summed E-state index contributed by atoms with van der Waals surface area (Å²) in [5.41, 5.74) is 0. The topological polar surface area (TPSA) is 67.1 Å². The summed E-state index contributed by atoms with van der Waals surface area (Å²) in [7, 11) is 8.15. The highest BCUT2D eigenvalue weighted by Gasteiger charge is 2.23. The lowest BCUT2D eigenvalue weighted by atomic mass is 10.1. The third kappa shape index (κ3) is 10.8. The van der Waals surface area contributed by atoms with E-state index in [9.17, 15) is 9.59 Å². The van der Waals surface area contributed by atoms with E-state index < -0.39 is 0 Å². The minimum atomic E-state index is 0.0603. The van der Waals surface area contributed by atoms with Crippen molar-refractivity contribution in [2.24, 2.45) is 0 Å². The van der Waals surface area contributed by atoms with Crippen molar-refractivity contribution in [2.45, 2.75) is 77.3 Å². The van der Waals surface area contributed by atoms with Crippen LogP contribution in [0.4, 0.5) is 0 Å². The van der Waals surface area contributed by atoms with Crippen molar-refractivity contribution in [3.63, 3.8) is 0 Å². The number of quaternary nitrogens is 2. The van der Waals surface area contributed by atoms with Crippen LogP contribution in [0.25, 0.3) is 0 Å².